The Morgan fingerprint density at radius 2 is 2.19 bits per heavy atom. The average Bonchev–Trinajstić information content (AvgIpc) is 2.73. The van der Waals surface area contributed by atoms with Crippen LogP contribution in [0.5, 0.6) is 0 Å². The Kier molecular flexibility index (Phi) is 2.06. The van der Waals surface area contributed by atoms with Crippen molar-refractivity contribution in [1.29, 1.82) is 0 Å². The first kappa shape index (κ1) is 10.7. The molecule has 1 saturated carbocycles. The van der Waals surface area contributed by atoms with Gasteiger partial charge in [-0.15, -0.1) is 0 Å². The van der Waals surface area contributed by atoms with Gasteiger partial charge in [-0.1, -0.05) is 6.58 Å². The normalized spacial score (nSPS) is 49.4. The number of methoxy groups -OCH3 is 1. The van der Waals surface area contributed by atoms with Crippen molar-refractivity contribution < 1.29 is 18.9 Å². The van der Waals surface area contributed by atoms with E-state index in [0.717, 1.165) is 18.4 Å². The Bertz CT molecular complexity index is 338. The van der Waals surface area contributed by atoms with Gasteiger partial charge in [0.05, 0.1) is 0 Å². The molecule has 3 rings (SSSR count). The van der Waals surface area contributed by atoms with Crippen molar-refractivity contribution in [2.24, 2.45) is 0 Å². The second-order valence-corrected chi connectivity index (χ2v) is 5.27. The predicted molar refractivity (Wildman–Crippen MR) is 56.8 cm³/mol. The zero-order valence-corrected chi connectivity index (χ0v) is 9.99. The zero-order valence-electron chi connectivity index (χ0n) is 9.99. The highest BCUT2D eigenvalue weighted by atomic mass is 16.8. The summed E-state index contributed by atoms with van der Waals surface area (Å²) in [6.07, 6.45) is 1.28. The van der Waals surface area contributed by atoms with Crippen LogP contribution in [0.4, 0.5) is 0 Å². The molecule has 0 radical (unpaired) electrons. The summed E-state index contributed by atoms with van der Waals surface area (Å²) in [6.45, 7) is 7.92. The third-order valence-electron chi connectivity index (χ3n) is 3.73. The minimum absolute atomic E-state index is 0.0794. The molecule has 4 nitrogen and oxygen atoms in total. The largest absolute Gasteiger partial charge is 0.353 e. The van der Waals surface area contributed by atoms with Crippen LogP contribution in [0.15, 0.2) is 12.2 Å². The van der Waals surface area contributed by atoms with E-state index in [1.807, 2.05) is 13.8 Å². The van der Waals surface area contributed by atoms with Gasteiger partial charge in [0.25, 0.3) is 0 Å². The maximum Gasteiger partial charge on any atom is 0.187 e. The maximum absolute atomic E-state index is 6.10. The van der Waals surface area contributed by atoms with Crippen molar-refractivity contribution >= 4 is 0 Å². The molecule has 2 aliphatic heterocycles. The molecule has 2 heterocycles. The highest BCUT2D eigenvalue weighted by Gasteiger charge is 2.68. The van der Waals surface area contributed by atoms with Crippen LogP contribution in [0.3, 0.4) is 0 Å². The highest BCUT2D eigenvalue weighted by Crippen LogP contribution is 2.55. The lowest BCUT2D eigenvalue weighted by atomic mass is 9.94. The van der Waals surface area contributed by atoms with Gasteiger partial charge in [-0.2, -0.15) is 0 Å². The molecule has 90 valence electrons. The lowest BCUT2D eigenvalue weighted by Gasteiger charge is -2.26. The minimum atomic E-state index is -0.561. The molecule has 0 bridgehead atoms. The van der Waals surface area contributed by atoms with E-state index < -0.39 is 5.79 Å². The van der Waals surface area contributed by atoms with Crippen LogP contribution < -0.4 is 0 Å². The first-order valence-corrected chi connectivity index (χ1v) is 5.72. The van der Waals surface area contributed by atoms with Gasteiger partial charge in [-0.3, -0.25) is 0 Å². The van der Waals surface area contributed by atoms with Gasteiger partial charge in [-0.25, -0.2) is 0 Å². The Balaban J connectivity index is 1.99. The molecule has 0 aromatic carbocycles. The standard InChI is InChI=1S/C12H18O4/c1-7-5-6-12-8(7)14-10(13-4)9(12)15-11(2,3)16-12/h8-10H,1,5-6H2,2-4H3/t8-,9?,10?,12-/m1/s1. The van der Waals surface area contributed by atoms with E-state index in [4.69, 9.17) is 18.9 Å². The van der Waals surface area contributed by atoms with E-state index in [-0.39, 0.29) is 24.1 Å². The van der Waals surface area contributed by atoms with Gasteiger partial charge in [0.1, 0.15) is 17.8 Å². The molecular weight excluding hydrogens is 208 g/mol. The summed E-state index contributed by atoms with van der Waals surface area (Å²) >= 11 is 0. The molecule has 1 aliphatic carbocycles. The van der Waals surface area contributed by atoms with E-state index >= 15 is 0 Å². The van der Waals surface area contributed by atoms with Crippen LogP contribution >= 0.6 is 0 Å². The molecule has 3 aliphatic rings. The Morgan fingerprint density at radius 1 is 1.44 bits per heavy atom. The SMILES string of the molecule is C=C1CC[C@]23OC(C)(C)OC2C(OC)O[C@H]13. The molecule has 16 heavy (non-hydrogen) atoms. The molecule has 2 unspecified atom stereocenters. The number of ether oxygens (including phenoxy) is 4. The van der Waals surface area contributed by atoms with Crippen molar-refractivity contribution in [1.82, 2.24) is 0 Å². The fourth-order valence-corrected chi connectivity index (χ4v) is 3.19. The highest BCUT2D eigenvalue weighted by molar-refractivity contribution is 5.26. The molecule has 0 aromatic rings. The lowest BCUT2D eigenvalue weighted by molar-refractivity contribution is -0.228. The van der Waals surface area contributed by atoms with Gasteiger partial charge in [0, 0.05) is 7.11 Å². The van der Waals surface area contributed by atoms with Crippen molar-refractivity contribution in [3.05, 3.63) is 12.2 Å². The van der Waals surface area contributed by atoms with Gasteiger partial charge in [-0.05, 0) is 32.3 Å². The molecule has 3 fully saturated rings. The first-order valence-electron chi connectivity index (χ1n) is 5.72. The van der Waals surface area contributed by atoms with Crippen LogP contribution in [0.25, 0.3) is 0 Å². The smallest absolute Gasteiger partial charge is 0.187 e. The second-order valence-electron chi connectivity index (χ2n) is 5.27. The molecule has 4 atom stereocenters. The fourth-order valence-electron chi connectivity index (χ4n) is 3.19. The predicted octanol–water partition coefficient (Wildman–Crippen LogP) is 1.60. The van der Waals surface area contributed by atoms with Crippen molar-refractivity contribution in [3.63, 3.8) is 0 Å². The molecule has 1 spiro atoms. The van der Waals surface area contributed by atoms with Crippen LogP contribution in [0.1, 0.15) is 26.7 Å². The third kappa shape index (κ3) is 1.19. The molecule has 2 saturated heterocycles. The van der Waals surface area contributed by atoms with E-state index in [0.29, 0.717) is 0 Å². The molecule has 0 amide bonds. The molecular formula is C12H18O4. The Labute approximate surface area is 95.5 Å². The quantitative estimate of drug-likeness (QED) is 0.636. The number of hydrogen-bond donors (Lipinski definition) is 0. The summed E-state index contributed by atoms with van der Waals surface area (Å²) in [5, 5.41) is 0. The van der Waals surface area contributed by atoms with Crippen molar-refractivity contribution in [2.45, 2.75) is 56.6 Å². The topological polar surface area (TPSA) is 36.9 Å². The molecule has 0 N–H and O–H groups in total. The van der Waals surface area contributed by atoms with Crippen LogP contribution in [0.2, 0.25) is 0 Å². The summed E-state index contributed by atoms with van der Waals surface area (Å²) in [6, 6.07) is 0. The molecule has 0 aromatic heterocycles. The van der Waals surface area contributed by atoms with E-state index in [1.165, 1.54) is 0 Å². The van der Waals surface area contributed by atoms with Gasteiger partial charge in [0.15, 0.2) is 12.1 Å². The summed E-state index contributed by atoms with van der Waals surface area (Å²) in [4.78, 5) is 0. The van der Waals surface area contributed by atoms with Crippen molar-refractivity contribution in [3.8, 4) is 0 Å². The summed E-state index contributed by atoms with van der Waals surface area (Å²) in [5.74, 6) is -0.561. The second kappa shape index (κ2) is 3.07. The minimum Gasteiger partial charge on any atom is -0.353 e. The maximum atomic E-state index is 6.10. The van der Waals surface area contributed by atoms with Gasteiger partial charge < -0.3 is 18.9 Å². The monoisotopic (exact) mass is 226 g/mol. The van der Waals surface area contributed by atoms with Crippen LogP contribution in [0, 0.1) is 0 Å². The van der Waals surface area contributed by atoms with E-state index in [1.54, 1.807) is 7.11 Å². The fraction of sp³-hybridized carbons (Fsp3) is 0.833. The van der Waals surface area contributed by atoms with Gasteiger partial charge in [0.2, 0.25) is 0 Å². The summed E-state index contributed by atoms with van der Waals surface area (Å²) < 4.78 is 23.2. The zero-order chi connectivity index (χ0) is 11.6. The number of rotatable bonds is 1. The van der Waals surface area contributed by atoms with E-state index in [2.05, 4.69) is 6.58 Å². The third-order valence-corrected chi connectivity index (χ3v) is 3.73. The average molecular weight is 226 g/mol. The summed E-state index contributed by atoms with van der Waals surface area (Å²) in [5.41, 5.74) is 0.715. The van der Waals surface area contributed by atoms with Crippen LogP contribution in [-0.4, -0.2) is 37.0 Å². The number of hydrogen-bond acceptors (Lipinski definition) is 4. The van der Waals surface area contributed by atoms with Crippen molar-refractivity contribution in [2.75, 3.05) is 7.11 Å². The van der Waals surface area contributed by atoms with Crippen LogP contribution in [-0.2, 0) is 18.9 Å². The molecule has 4 heteroatoms. The van der Waals surface area contributed by atoms with E-state index in [9.17, 15) is 0 Å². The summed E-state index contributed by atoms with van der Waals surface area (Å²) in [7, 11) is 1.64. The lowest BCUT2D eigenvalue weighted by Crippen LogP contribution is -2.43. The Hall–Kier alpha value is -0.420. The Morgan fingerprint density at radius 3 is 2.88 bits per heavy atom. The van der Waals surface area contributed by atoms with Gasteiger partial charge >= 0.3 is 0 Å². The first-order chi connectivity index (χ1) is 7.48.